The minimum atomic E-state index is -3.69. The van der Waals surface area contributed by atoms with Crippen LogP contribution in [0.25, 0.3) is 0 Å². The Balaban J connectivity index is 2.52. The van der Waals surface area contributed by atoms with Crippen LogP contribution in [0.5, 0.6) is 5.88 Å². The molecule has 0 saturated heterocycles. The van der Waals surface area contributed by atoms with E-state index in [1.807, 2.05) is 0 Å². The highest BCUT2D eigenvalue weighted by molar-refractivity contribution is 8.13. The van der Waals surface area contributed by atoms with E-state index in [1.165, 1.54) is 18.3 Å². The largest absolute Gasteiger partial charge is 0.478 e. The Kier molecular flexibility index (Phi) is 5.02. The molecule has 0 aliphatic heterocycles. The van der Waals surface area contributed by atoms with Crippen LogP contribution < -0.4 is 4.74 Å². The zero-order valence-electron chi connectivity index (χ0n) is 9.02. The molecule has 1 rings (SSSR count). The molecule has 1 aromatic rings. The van der Waals surface area contributed by atoms with Crippen LogP contribution in [0.4, 0.5) is 0 Å². The molecule has 0 bridgehead atoms. The molecule has 0 fully saturated rings. The Labute approximate surface area is 100 Å². The second-order valence-corrected chi connectivity index (χ2v) is 5.89. The van der Waals surface area contributed by atoms with Gasteiger partial charge >= 0.3 is 0 Å². The summed E-state index contributed by atoms with van der Waals surface area (Å²) in [5, 5.41) is 0. The van der Waals surface area contributed by atoms with Crippen LogP contribution in [0.1, 0.15) is 26.2 Å². The van der Waals surface area contributed by atoms with Gasteiger partial charge in [-0.05, 0) is 12.5 Å². The van der Waals surface area contributed by atoms with Gasteiger partial charge in [0.25, 0.3) is 9.05 Å². The van der Waals surface area contributed by atoms with Gasteiger partial charge in [0.1, 0.15) is 4.90 Å². The number of ether oxygens (including phenoxy) is 1. The van der Waals surface area contributed by atoms with Gasteiger partial charge in [-0.15, -0.1) is 0 Å². The monoisotopic (exact) mass is 263 g/mol. The minimum absolute atomic E-state index is 0.0184. The highest BCUT2D eigenvalue weighted by atomic mass is 35.7. The molecule has 0 saturated carbocycles. The number of hydrogen-bond acceptors (Lipinski definition) is 4. The summed E-state index contributed by atoms with van der Waals surface area (Å²) in [6, 6.07) is 2.88. The van der Waals surface area contributed by atoms with Crippen LogP contribution in [0.15, 0.2) is 23.2 Å². The van der Waals surface area contributed by atoms with Gasteiger partial charge < -0.3 is 4.74 Å². The molecule has 1 heterocycles. The number of nitrogens with zero attached hydrogens (tertiary/aromatic N) is 1. The van der Waals surface area contributed by atoms with Crippen LogP contribution in [0.2, 0.25) is 0 Å². The highest BCUT2D eigenvalue weighted by Gasteiger charge is 2.09. The van der Waals surface area contributed by atoms with E-state index in [2.05, 4.69) is 11.9 Å². The Morgan fingerprint density at radius 1 is 1.38 bits per heavy atom. The third-order valence-corrected chi connectivity index (χ3v) is 3.33. The van der Waals surface area contributed by atoms with Crippen molar-refractivity contribution >= 4 is 19.7 Å². The Morgan fingerprint density at radius 2 is 2.12 bits per heavy atom. The molecule has 0 unspecified atom stereocenters. The molecule has 16 heavy (non-hydrogen) atoms. The normalized spacial score (nSPS) is 11.4. The zero-order chi connectivity index (χ0) is 12.0. The third kappa shape index (κ3) is 4.37. The maximum absolute atomic E-state index is 10.9. The van der Waals surface area contributed by atoms with Gasteiger partial charge in [-0.1, -0.05) is 19.8 Å². The molecule has 6 heteroatoms. The molecule has 0 aliphatic carbocycles. The molecule has 1 aromatic heterocycles. The number of halogens is 1. The van der Waals surface area contributed by atoms with Crippen molar-refractivity contribution in [3.63, 3.8) is 0 Å². The summed E-state index contributed by atoms with van der Waals surface area (Å²) in [4.78, 5) is 3.84. The van der Waals surface area contributed by atoms with E-state index >= 15 is 0 Å². The van der Waals surface area contributed by atoms with Gasteiger partial charge in [-0.2, -0.15) is 0 Å². The summed E-state index contributed by atoms with van der Waals surface area (Å²) in [7, 11) is 1.45. The average Bonchev–Trinajstić information content (AvgIpc) is 2.24. The summed E-state index contributed by atoms with van der Waals surface area (Å²) in [6.45, 7) is 2.70. The molecule has 4 nitrogen and oxygen atoms in total. The molecular formula is C10H14ClNO3S. The number of pyridine rings is 1. The first-order valence-corrected chi connectivity index (χ1v) is 7.38. The predicted octanol–water partition coefficient (Wildman–Crippen LogP) is 2.58. The molecule has 0 aliphatic rings. The molecule has 0 radical (unpaired) electrons. The van der Waals surface area contributed by atoms with Crippen molar-refractivity contribution < 1.29 is 13.2 Å². The number of hydrogen-bond donors (Lipinski definition) is 0. The standard InChI is InChI=1S/C10H14ClNO3S/c1-2-3-4-7-15-10-6-5-9(8-12-10)16(11,13)14/h5-6,8H,2-4,7H2,1H3. The molecule has 90 valence electrons. The Morgan fingerprint density at radius 3 is 2.62 bits per heavy atom. The number of unbranched alkanes of at least 4 members (excludes halogenated alkanes) is 2. The first-order valence-electron chi connectivity index (χ1n) is 5.07. The van der Waals surface area contributed by atoms with Crippen LogP contribution in [0, 0.1) is 0 Å². The fourth-order valence-corrected chi connectivity index (χ4v) is 1.81. The lowest BCUT2D eigenvalue weighted by Crippen LogP contribution is -1.99. The lowest BCUT2D eigenvalue weighted by Gasteiger charge is -2.04. The van der Waals surface area contributed by atoms with Crippen molar-refractivity contribution in [3.05, 3.63) is 18.3 Å². The average molecular weight is 264 g/mol. The third-order valence-electron chi connectivity index (χ3n) is 1.99. The quantitative estimate of drug-likeness (QED) is 0.585. The maximum Gasteiger partial charge on any atom is 0.262 e. The fraction of sp³-hybridized carbons (Fsp3) is 0.500. The number of aromatic nitrogens is 1. The molecule has 0 atom stereocenters. The van der Waals surface area contributed by atoms with Crippen molar-refractivity contribution in [2.24, 2.45) is 0 Å². The molecule has 0 aromatic carbocycles. The second kappa shape index (κ2) is 6.06. The lowest BCUT2D eigenvalue weighted by atomic mass is 10.3. The Hall–Kier alpha value is -0.810. The fourth-order valence-electron chi connectivity index (χ4n) is 1.13. The summed E-state index contributed by atoms with van der Waals surface area (Å²) >= 11 is 0. The van der Waals surface area contributed by atoms with Gasteiger partial charge in [0.15, 0.2) is 0 Å². The predicted molar refractivity (Wildman–Crippen MR) is 62.3 cm³/mol. The maximum atomic E-state index is 10.9. The van der Waals surface area contributed by atoms with E-state index in [-0.39, 0.29) is 4.90 Å². The second-order valence-electron chi connectivity index (χ2n) is 3.33. The summed E-state index contributed by atoms with van der Waals surface area (Å²) in [5.74, 6) is 0.417. The zero-order valence-corrected chi connectivity index (χ0v) is 10.6. The topological polar surface area (TPSA) is 56.3 Å². The van der Waals surface area contributed by atoms with E-state index in [0.717, 1.165) is 19.3 Å². The van der Waals surface area contributed by atoms with E-state index in [0.29, 0.717) is 12.5 Å². The first-order chi connectivity index (χ1) is 7.54. The molecule has 0 N–H and O–H groups in total. The van der Waals surface area contributed by atoms with Crippen LogP contribution in [-0.2, 0) is 9.05 Å². The van der Waals surface area contributed by atoms with Crippen molar-refractivity contribution in [2.45, 2.75) is 31.1 Å². The highest BCUT2D eigenvalue weighted by Crippen LogP contribution is 2.16. The minimum Gasteiger partial charge on any atom is -0.478 e. The summed E-state index contributed by atoms with van der Waals surface area (Å²) in [5.41, 5.74) is 0. The molecule has 0 spiro atoms. The van der Waals surface area contributed by atoms with E-state index in [4.69, 9.17) is 15.4 Å². The lowest BCUT2D eigenvalue weighted by molar-refractivity contribution is 0.294. The number of rotatable bonds is 6. The van der Waals surface area contributed by atoms with Gasteiger partial charge in [0, 0.05) is 16.7 Å². The van der Waals surface area contributed by atoms with Gasteiger partial charge in [0.05, 0.1) is 12.8 Å². The van der Waals surface area contributed by atoms with E-state index in [1.54, 1.807) is 0 Å². The summed E-state index contributed by atoms with van der Waals surface area (Å²) < 4.78 is 27.2. The first kappa shape index (κ1) is 13.3. The van der Waals surface area contributed by atoms with Crippen LogP contribution in [0.3, 0.4) is 0 Å². The summed E-state index contributed by atoms with van der Waals surface area (Å²) in [6.07, 6.45) is 4.39. The van der Waals surface area contributed by atoms with Crippen molar-refractivity contribution in [1.82, 2.24) is 4.98 Å². The van der Waals surface area contributed by atoms with Crippen molar-refractivity contribution in [1.29, 1.82) is 0 Å². The van der Waals surface area contributed by atoms with E-state index in [9.17, 15) is 8.42 Å². The Bertz CT molecular complexity index is 416. The SMILES string of the molecule is CCCCCOc1ccc(S(=O)(=O)Cl)cn1. The van der Waals surface area contributed by atoms with Crippen molar-refractivity contribution in [3.8, 4) is 5.88 Å². The van der Waals surface area contributed by atoms with Gasteiger partial charge in [-0.25, -0.2) is 13.4 Å². The van der Waals surface area contributed by atoms with E-state index < -0.39 is 9.05 Å². The smallest absolute Gasteiger partial charge is 0.262 e. The van der Waals surface area contributed by atoms with Crippen LogP contribution in [-0.4, -0.2) is 20.0 Å². The van der Waals surface area contributed by atoms with Gasteiger partial charge in [0.2, 0.25) is 5.88 Å². The molecule has 0 amide bonds. The van der Waals surface area contributed by atoms with Crippen LogP contribution >= 0.6 is 10.7 Å². The molecular weight excluding hydrogens is 250 g/mol. The van der Waals surface area contributed by atoms with Gasteiger partial charge in [-0.3, -0.25) is 0 Å². The van der Waals surface area contributed by atoms with Crippen molar-refractivity contribution in [2.75, 3.05) is 6.61 Å².